The van der Waals surface area contributed by atoms with E-state index in [1.54, 1.807) is 0 Å². The Kier molecular flexibility index (Phi) is 4.25. The summed E-state index contributed by atoms with van der Waals surface area (Å²) in [6, 6.07) is 3.35. The lowest BCUT2D eigenvalue weighted by molar-refractivity contribution is -0.385. The molecule has 0 aliphatic heterocycles. The van der Waals surface area contributed by atoms with Crippen molar-refractivity contribution < 1.29 is 9.31 Å². The standard InChI is InChI=1S/C10H7BrFNO2/c11-6-2-1-3-8-4-5-9(12)7-10(8)13(14)15/h4-5,7H,2,6H2. The summed E-state index contributed by atoms with van der Waals surface area (Å²) in [5, 5.41) is 11.3. The summed E-state index contributed by atoms with van der Waals surface area (Å²) in [7, 11) is 0. The number of nitrogens with zero attached hydrogens (tertiary/aromatic N) is 1. The monoisotopic (exact) mass is 271 g/mol. The van der Waals surface area contributed by atoms with Crippen LogP contribution in [0.3, 0.4) is 0 Å². The summed E-state index contributed by atoms with van der Waals surface area (Å²) in [5.74, 6) is 4.74. The number of benzene rings is 1. The molecule has 0 saturated heterocycles. The highest BCUT2D eigenvalue weighted by Gasteiger charge is 2.12. The number of hydrogen-bond acceptors (Lipinski definition) is 2. The van der Waals surface area contributed by atoms with Crippen LogP contribution in [0.1, 0.15) is 12.0 Å². The third-order valence-electron chi connectivity index (χ3n) is 1.60. The second-order valence-electron chi connectivity index (χ2n) is 2.66. The molecule has 0 unspecified atom stereocenters. The Balaban J connectivity index is 3.08. The quantitative estimate of drug-likeness (QED) is 0.359. The van der Waals surface area contributed by atoms with E-state index in [2.05, 4.69) is 27.8 Å². The molecule has 0 aliphatic rings. The summed E-state index contributed by atoms with van der Waals surface area (Å²) in [6.07, 6.45) is 0.592. The maximum atomic E-state index is 12.7. The number of hydrogen-bond donors (Lipinski definition) is 0. The molecule has 15 heavy (non-hydrogen) atoms. The molecule has 78 valence electrons. The summed E-state index contributed by atoms with van der Waals surface area (Å²) in [5.41, 5.74) is -0.0561. The Morgan fingerprint density at radius 1 is 1.53 bits per heavy atom. The highest BCUT2D eigenvalue weighted by atomic mass is 79.9. The number of rotatable bonds is 2. The molecule has 1 aromatic rings. The third-order valence-corrected chi connectivity index (χ3v) is 2.00. The van der Waals surface area contributed by atoms with Crippen molar-refractivity contribution in [1.82, 2.24) is 0 Å². The molecule has 1 aromatic carbocycles. The van der Waals surface area contributed by atoms with Gasteiger partial charge in [-0.1, -0.05) is 27.8 Å². The zero-order chi connectivity index (χ0) is 11.3. The van der Waals surface area contributed by atoms with Crippen molar-refractivity contribution in [2.24, 2.45) is 0 Å². The van der Waals surface area contributed by atoms with Crippen molar-refractivity contribution in [1.29, 1.82) is 0 Å². The van der Waals surface area contributed by atoms with Gasteiger partial charge in [-0.25, -0.2) is 4.39 Å². The largest absolute Gasteiger partial charge is 0.287 e. The zero-order valence-corrected chi connectivity index (χ0v) is 9.25. The van der Waals surface area contributed by atoms with Crippen LogP contribution >= 0.6 is 15.9 Å². The minimum absolute atomic E-state index is 0.238. The van der Waals surface area contributed by atoms with Gasteiger partial charge in [-0.2, -0.15) is 0 Å². The minimum atomic E-state index is -0.638. The van der Waals surface area contributed by atoms with E-state index < -0.39 is 10.7 Å². The molecule has 0 fully saturated rings. The van der Waals surface area contributed by atoms with Gasteiger partial charge in [0.2, 0.25) is 0 Å². The van der Waals surface area contributed by atoms with Gasteiger partial charge in [-0.3, -0.25) is 10.1 Å². The molecule has 0 atom stereocenters. The summed E-state index contributed by atoms with van der Waals surface area (Å²) in [4.78, 5) is 9.93. The Hall–Kier alpha value is -1.41. The van der Waals surface area contributed by atoms with E-state index in [-0.39, 0.29) is 11.3 Å². The van der Waals surface area contributed by atoms with Crippen LogP contribution < -0.4 is 0 Å². The molecule has 0 saturated carbocycles. The molecule has 0 aromatic heterocycles. The Morgan fingerprint density at radius 3 is 2.87 bits per heavy atom. The van der Waals surface area contributed by atoms with E-state index in [1.165, 1.54) is 6.07 Å². The van der Waals surface area contributed by atoms with Crippen LogP contribution in [0.15, 0.2) is 18.2 Å². The maximum Gasteiger partial charge on any atom is 0.287 e. The van der Waals surface area contributed by atoms with Crippen LogP contribution in [0, 0.1) is 27.8 Å². The molecule has 0 aliphatic carbocycles. The van der Waals surface area contributed by atoms with Gasteiger partial charge in [0, 0.05) is 11.8 Å². The van der Waals surface area contributed by atoms with E-state index in [0.717, 1.165) is 12.1 Å². The lowest BCUT2D eigenvalue weighted by atomic mass is 10.2. The number of nitro groups is 1. The van der Waals surface area contributed by atoms with Crippen molar-refractivity contribution in [3.8, 4) is 11.8 Å². The van der Waals surface area contributed by atoms with Crippen LogP contribution in [0.5, 0.6) is 0 Å². The molecule has 0 bridgehead atoms. The van der Waals surface area contributed by atoms with Crippen molar-refractivity contribution in [3.63, 3.8) is 0 Å². The predicted molar refractivity (Wildman–Crippen MR) is 58.3 cm³/mol. The van der Waals surface area contributed by atoms with Gasteiger partial charge in [0.05, 0.1) is 11.0 Å². The zero-order valence-electron chi connectivity index (χ0n) is 7.67. The van der Waals surface area contributed by atoms with Gasteiger partial charge >= 0.3 is 0 Å². The van der Waals surface area contributed by atoms with E-state index in [4.69, 9.17) is 0 Å². The fourth-order valence-electron chi connectivity index (χ4n) is 0.967. The topological polar surface area (TPSA) is 43.1 Å². The van der Waals surface area contributed by atoms with Gasteiger partial charge in [0.1, 0.15) is 11.4 Å². The average molecular weight is 272 g/mol. The van der Waals surface area contributed by atoms with Crippen molar-refractivity contribution in [3.05, 3.63) is 39.7 Å². The number of alkyl halides is 1. The lowest BCUT2D eigenvalue weighted by Gasteiger charge is -1.94. The molecule has 0 amide bonds. The first kappa shape index (κ1) is 11.7. The minimum Gasteiger partial charge on any atom is -0.258 e. The fourth-order valence-corrected chi connectivity index (χ4v) is 1.16. The molecule has 0 spiro atoms. The van der Waals surface area contributed by atoms with Crippen molar-refractivity contribution in [2.75, 3.05) is 5.33 Å². The summed E-state index contributed by atoms with van der Waals surface area (Å²) < 4.78 is 12.7. The smallest absolute Gasteiger partial charge is 0.258 e. The van der Waals surface area contributed by atoms with Gasteiger partial charge in [-0.05, 0) is 12.1 Å². The van der Waals surface area contributed by atoms with Crippen LogP contribution in [0.4, 0.5) is 10.1 Å². The van der Waals surface area contributed by atoms with Gasteiger partial charge in [-0.15, -0.1) is 0 Å². The van der Waals surface area contributed by atoms with Gasteiger partial charge in [0.15, 0.2) is 0 Å². The lowest BCUT2D eigenvalue weighted by Crippen LogP contribution is -1.93. The van der Waals surface area contributed by atoms with Crippen LogP contribution in [-0.2, 0) is 0 Å². The normalized spacial score (nSPS) is 9.20. The number of nitro benzene ring substituents is 1. The second kappa shape index (κ2) is 5.47. The Labute approximate surface area is 94.6 Å². The van der Waals surface area contributed by atoms with Crippen molar-refractivity contribution in [2.45, 2.75) is 6.42 Å². The van der Waals surface area contributed by atoms with E-state index >= 15 is 0 Å². The second-order valence-corrected chi connectivity index (χ2v) is 3.45. The fraction of sp³-hybridized carbons (Fsp3) is 0.200. The highest BCUT2D eigenvalue weighted by Crippen LogP contribution is 2.18. The molecule has 0 N–H and O–H groups in total. The van der Waals surface area contributed by atoms with Gasteiger partial charge in [0.25, 0.3) is 5.69 Å². The molecule has 0 heterocycles. The summed E-state index contributed by atoms with van der Waals surface area (Å²) >= 11 is 3.19. The maximum absolute atomic E-state index is 12.7. The summed E-state index contributed by atoms with van der Waals surface area (Å²) in [6.45, 7) is 0. The first-order chi connectivity index (χ1) is 7.15. The SMILES string of the molecule is O=[N+]([O-])c1cc(F)ccc1C#CCCBr. The Morgan fingerprint density at radius 2 is 2.27 bits per heavy atom. The predicted octanol–water partition coefficient (Wildman–Crippen LogP) is 2.87. The van der Waals surface area contributed by atoms with Crippen LogP contribution in [0.25, 0.3) is 0 Å². The van der Waals surface area contributed by atoms with Crippen molar-refractivity contribution >= 4 is 21.6 Å². The van der Waals surface area contributed by atoms with E-state index in [9.17, 15) is 14.5 Å². The number of halogens is 2. The molecule has 0 radical (unpaired) electrons. The van der Waals surface area contributed by atoms with Crippen LogP contribution in [0.2, 0.25) is 0 Å². The van der Waals surface area contributed by atoms with Gasteiger partial charge < -0.3 is 0 Å². The molecular formula is C10H7BrFNO2. The first-order valence-electron chi connectivity index (χ1n) is 4.14. The molecule has 1 rings (SSSR count). The molecule has 3 nitrogen and oxygen atoms in total. The van der Waals surface area contributed by atoms with Crippen LogP contribution in [-0.4, -0.2) is 10.3 Å². The van der Waals surface area contributed by atoms with E-state index in [0.29, 0.717) is 11.8 Å². The third kappa shape index (κ3) is 3.33. The van der Waals surface area contributed by atoms with E-state index in [1.807, 2.05) is 0 Å². The average Bonchev–Trinajstić information content (AvgIpc) is 2.20. The molecule has 5 heteroatoms. The Bertz CT molecular complexity index is 437. The highest BCUT2D eigenvalue weighted by molar-refractivity contribution is 9.09. The molecular weight excluding hydrogens is 265 g/mol. The first-order valence-corrected chi connectivity index (χ1v) is 5.26.